The largest absolute Gasteiger partial charge is 0.206 e. The predicted molar refractivity (Wildman–Crippen MR) is 102 cm³/mol. The van der Waals surface area contributed by atoms with E-state index in [9.17, 15) is 4.39 Å². The lowest BCUT2D eigenvalue weighted by Gasteiger charge is -2.20. The lowest BCUT2D eigenvalue weighted by Crippen LogP contribution is -2.04. The monoisotopic (exact) mass is 320 g/mol. The smallest absolute Gasteiger partial charge is 0.130 e. The molecule has 0 spiro atoms. The molecule has 0 saturated heterocycles. The van der Waals surface area contributed by atoms with Gasteiger partial charge in [-0.05, 0) is 84.9 Å². The van der Waals surface area contributed by atoms with Gasteiger partial charge < -0.3 is 0 Å². The van der Waals surface area contributed by atoms with E-state index < -0.39 is 0 Å². The highest BCUT2D eigenvalue weighted by molar-refractivity contribution is 5.71. The Balaban J connectivity index is 1.71. The molecule has 124 valence electrons. The molecule has 0 aliphatic heterocycles. The van der Waals surface area contributed by atoms with E-state index >= 15 is 0 Å². The molecule has 1 aliphatic rings. The number of hydrogen-bond donors (Lipinski definition) is 0. The molecular formula is C23H25F. The fourth-order valence-corrected chi connectivity index (χ4v) is 3.61. The Morgan fingerprint density at radius 2 is 1.50 bits per heavy atom. The molecule has 0 N–H and O–H groups in total. The molecule has 1 aliphatic carbocycles. The van der Waals surface area contributed by atoms with E-state index in [2.05, 4.69) is 32.2 Å². The van der Waals surface area contributed by atoms with Gasteiger partial charge in [-0.25, -0.2) is 4.39 Å². The number of hydrogen-bond acceptors (Lipinski definition) is 0. The minimum absolute atomic E-state index is 0.196. The van der Waals surface area contributed by atoms with Crippen LogP contribution in [0.15, 0.2) is 49.6 Å². The van der Waals surface area contributed by atoms with Crippen LogP contribution in [0.1, 0.15) is 53.5 Å². The van der Waals surface area contributed by atoms with E-state index in [1.54, 1.807) is 12.1 Å². The molecule has 0 bridgehead atoms. The standard InChI is InChI=1S/C23H25F/c1-16(21-10-6-7-11-23(21)24)12-13-17(2)22-15-20-9-5-4-8-19(20)14-18(22)3/h6-7,10-11,14-15H,1-2,4-5,8-9,12-13H2,3H3. The lowest BCUT2D eigenvalue weighted by atomic mass is 9.86. The Morgan fingerprint density at radius 3 is 2.17 bits per heavy atom. The minimum atomic E-state index is -0.196. The number of halogens is 1. The number of rotatable bonds is 5. The summed E-state index contributed by atoms with van der Waals surface area (Å²) in [5.74, 6) is -0.196. The Bertz CT molecular complexity index is 783. The molecule has 0 heterocycles. The van der Waals surface area contributed by atoms with Crippen molar-refractivity contribution in [3.05, 3.63) is 83.2 Å². The van der Waals surface area contributed by atoms with E-state index in [4.69, 9.17) is 0 Å². The van der Waals surface area contributed by atoms with E-state index in [1.165, 1.54) is 54.0 Å². The Labute approximate surface area is 144 Å². The summed E-state index contributed by atoms with van der Waals surface area (Å²) in [5, 5.41) is 0. The Hall–Kier alpha value is -2.15. The second-order valence-electron chi connectivity index (χ2n) is 6.83. The van der Waals surface area contributed by atoms with Gasteiger partial charge in [0.05, 0.1) is 0 Å². The van der Waals surface area contributed by atoms with Gasteiger partial charge in [0.25, 0.3) is 0 Å². The summed E-state index contributed by atoms with van der Waals surface area (Å²) in [5.41, 5.74) is 8.13. The van der Waals surface area contributed by atoms with Crippen LogP contribution in [0.5, 0.6) is 0 Å². The van der Waals surface area contributed by atoms with Crippen LogP contribution in [0.25, 0.3) is 11.1 Å². The van der Waals surface area contributed by atoms with E-state index in [-0.39, 0.29) is 5.82 Å². The third-order valence-electron chi connectivity index (χ3n) is 5.05. The van der Waals surface area contributed by atoms with Gasteiger partial charge in [-0.1, -0.05) is 43.5 Å². The van der Waals surface area contributed by atoms with Crippen molar-refractivity contribution in [3.8, 4) is 0 Å². The number of aryl methyl sites for hydroxylation is 3. The van der Waals surface area contributed by atoms with Crippen LogP contribution in [0.3, 0.4) is 0 Å². The van der Waals surface area contributed by atoms with Crippen LogP contribution in [0, 0.1) is 12.7 Å². The molecule has 0 amide bonds. The summed E-state index contributed by atoms with van der Waals surface area (Å²) in [4.78, 5) is 0. The normalized spacial score (nSPS) is 13.4. The molecule has 0 fully saturated rings. The molecule has 2 aromatic carbocycles. The van der Waals surface area contributed by atoms with E-state index in [0.29, 0.717) is 5.56 Å². The first-order valence-corrected chi connectivity index (χ1v) is 8.79. The van der Waals surface area contributed by atoms with Gasteiger partial charge >= 0.3 is 0 Å². The zero-order valence-corrected chi connectivity index (χ0v) is 14.5. The SMILES string of the molecule is C=C(CCC(=C)c1ccccc1F)c1cc2c(cc1C)CCCC2. The van der Waals surface area contributed by atoms with Crippen molar-refractivity contribution in [2.45, 2.75) is 45.4 Å². The molecule has 24 heavy (non-hydrogen) atoms. The van der Waals surface area contributed by atoms with Crippen LogP contribution in [0.2, 0.25) is 0 Å². The average molecular weight is 320 g/mol. The zero-order valence-electron chi connectivity index (χ0n) is 14.5. The highest BCUT2D eigenvalue weighted by Gasteiger charge is 2.14. The van der Waals surface area contributed by atoms with Crippen LogP contribution in [-0.4, -0.2) is 0 Å². The third-order valence-corrected chi connectivity index (χ3v) is 5.05. The van der Waals surface area contributed by atoms with Crippen LogP contribution < -0.4 is 0 Å². The quantitative estimate of drug-likeness (QED) is 0.588. The van der Waals surface area contributed by atoms with Crippen LogP contribution in [-0.2, 0) is 12.8 Å². The summed E-state index contributed by atoms with van der Waals surface area (Å²) >= 11 is 0. The molecule has 0 aromatic heterocycles. The first kappa shape index (κ1) is 16.7. The fourth-order valence-electron chi connectivity index (χ4n) is 3.61. The molecule has 0 saturated carbocycles. The summed E-state index contributed by atoms with van der Waals surface area (Å²) in [6.07, 6.45) is 6.51. The summed E-state index contributed by atoms with van der Waals surface area (Å²) in [7, 11) is 0. The zero-order chi connectivity index (χ0) is 17.1. The second kappa shape index (κ2) is 7.17. The van der Waals surface area contributed by atoms with Gasteiger partial charge in [0.15, 0.2) is 0 Å². The lowest BCUT2D eigenvalue weighted by molar-refractivity contribution is 0.623. The molecule has 0 nitrogen and oxygen atoms in total. The molecule has 0 radical (unpaired) electrons. The van der Waals surface area contributed by atoms with Gasteiger partial charge in [0.2, 0.25) is 0 Å². The van der Waals surface area contributed by atoms with Gasteiger partial charge in [-0.2, -0.15) is 0 Å². The maximum atomic E-state index is 13.9. The first-order valence-electron chi connectivity index (χ1n) is 8.79. The Kier molecular flexibility index (Phi) is 4.99. The number of benzene rings is 2. The van der Waals surface area contributed by atoms with Crippen molar-refractivity contribution in [2.75, 3.05) is 0 Å². The van der Waals surface area contributed by atoms with Crippen LogP contribution in [0.4, 0.5) is 4.39 Å². The van der Waals surface area contributed by atoms with Gasteiger partial charge in [0.1, 0.15) is 5.82 Å². The number of fused-ring (bicyclic) bond motifs is 1. The van der Waals surface area contributed by atoms with Crippen molar-refractivity contribution in [2.24, 2.45) is 0 Å². The minimum Gasteiger partial charge on any atom is -0.206 e. The molecular weight excluding hydrogens is 295 g/mol. The fraction of sp³-hybridized carbons (Fsp3) is 0.304. The second-order valence-corrected chi connectivity index (χ2v) is 6.83. The van der Waals surface area contributed by atoms with Gasteiger partial charge in [-0.15, -0.1) is 0 Å². The molecule has 0 atom stereocenters. The Morgan fingerprint density at radius 1 is 0.917 bits per heavy atom. The van der Waals surface area contributed by atoms with Gasteiger partial charge in [0, 0.05) is 5.56 Å². The van der Waals surface area contributed by atoms with E-state index in [0.717, 1.165) is 24.0 Å². The van der Waals surface area contributed by atoms with E-state index in [1.807, 2.05) is 6.07 Å². The van der Waals surface area contributed by atoms with Crippen LogP contribution >= 0.6 is 0 Å². The molecule has 2 aromatic rings. The van der Waals surface area contributed by atoms with Crippen molar-refractivity contribution in [1.29, 1.82) is 0 Å². The summed E-state index contributed by atoms with van der Waals surface area (Å²) < 4.78 is 13.9. The predicted octanol–water partition coefficient (Wildman–Crippen LogP) is 6.52. The highest BCUT2D eigenvalue weighted by atomic mass is 19.1. The van der Waals surface area contributed by atoms with Gasteiger partial charge in [-0.3, -0.25) is 0 Å². The average Bonchev–Trinajstić information content (AvgIpc) is 2.59. The molecule has 3 rings (SSSR count). The summed E-state index contributed by atoms with van der Waals surface area (Å²) in [6, 6.07) is 11.5. The maximum absolute atomic E-state index is 13.9. The summed E-state index contributed by atoms with van der Waals surface area (Å²) in [6.45, 7) is 10.5. The molecule has 1 heteroatoms. The van der Waals surface area contributed by atoms with Crippen molar-refractivity contribution < 1.29 is 4.39 Å². The third kappa shape index (κ3) is 3.51. The highest BCUT2D eigenvalue weighted by Crippen LogP contribution is 2.31. The van der Waals surface area contributed by atoms with Crippen molar-refractivity contribution in [1.82, 2.24) is 0 Å². The van der Waals surface area contributed by atoms with Crippen molar-refractivity contribution in [3.63, 3.8) is 0 Å². The van der Waals surface area contributed by atoms with Crippen molar-refractivity contribution >= 4 is 11.1 Å². The topological polar surface area (TPSA) is 0 Å². The maximum Gasteiger partial charge on any atom is 0.130 e. The number of allylic oxidation sites excluding steroid dienone is 2. The molecule has 0 unspecified atom stereocenters. The first-order chi connectivity index (χ1) is 11.6.